The van der Waals surface area contributed by atoms with Crippen molar-refractivity contribution in [2.24, 2.45) is 5.73 Å². The fourth-order valence-corrected chi connectivity index (χ4v) is 2.08. The molecule has 0 aliphatic carbocycles. The third-order valence-corrected chi connectivity index (χ3v) is 3.14. The number of methoxy groups -OCH3 is 1. The van der Waals surface area contributed by atoms with Gasteiger partial charge in [-0.1, -0.05) is 0 Å². The maximum Gasteiger partial charge on any atom is 0.340 e. The van der Waals surface area contributed by atoms with E-state index >= 15 is 0 Å². The number of aryl methyl sites for hydroxylation is 1. The lowest BCUT2D eigenvalue weighted by Gasteiger charge is -2.10. The van der Waals surface area contributed by atoms with Gasteiger partial charge >= 0.3 is 5.97 Å². The van der Waals surface area contributed by atoms with Crippen LogP contribution in [0.5, 0.6) is 0 Å². The summed E-state index contributed by atoms with van der Waals surface area (Å²) in [6.45, 7) is 1.93. The van der Waals surface area contributed by atoms with Crippen molar-refractivity contribution in [3.63, 3.8) is 0 Å². The van der Waals surface area contributed by atoms with Crippen LogP contribution >= 0.6 is 11.5 Å². The third kappa shape index (κ3) is 3.49. The number of nitrogens with zero attached hydrogens (tertiary/aromatic N) is 1. The second-order valence-electron chi connectivity index (χ2n) is 3.65. The van der Waals surface area contributed by atoms with Crippen molar-refractivity contribution in [3.8, 4) is 0 Å². The van der Waals surface area contributed by atoms with Gasteiger partial charge in [0.25, 0.3) is 0 Å². The Morgan fingerprint density at radius 2 is 2.28 bits per heavy atom. The van der Waals surface area contributed by atoms with Gasteiger partial charge in [0.05, 0.1) is 11.7 Å². The van der Waals surface area contributed by atoms with Gasteiger partial charge in [0.2, 0.25) is 5.91 Å². The van der Waals surface area contributed by atoms with Crippen molar-refractivity contribution in [1.82, 2.24) is 4.37 Å². The number of ether oxygens (including phenoxy) is 1. The molecule has 0 aromatic carbocycles. The van der Waals surface area contributed by atoms with E-state index in [0.717, 1.165) is 11.5 Å². The molecule has 1 aromatic rings. The molecule has 0 aliphatic rings. The summed E-state index contributed by atoms with van der Waals surface area (Å²) in [4.78, 5) is 22.7. The number of carboxylic acids is 1. The van der Waals surface area contributed by atoms with E-state index in [-0.39, 0.29) is 10.6 Å². The summed E-state index contributed by atoms with van der Waals surface area (Å²) in [6.07, 6.45) is 0.364. The summed E-state index contributed by atoms with van der Waals surface area (Å²) in [5.74, 6) is -1.57. The normalized spacial score (nSPS) is 12.2. The van der Waals surface area contributed by atoms with E-state index < -0.39 is 17.9 Å². The van der Waals surface area contributed by atoms with Crippen molar-refractivity contribution in [2.75, 3.05) is 19.0 Å². The zero-order chi connectivity index (χ0) is 13.7. The molecule has 18 heavy (non-hydrogen) atoms. The molecule has 0 aliphatic heterocycles. The van der Waals surface area contributed by atoms with Gasteiger partial charge in [0.15, 0.2) is 0 Å². The lowest BCUT2D eigenvalue weighted by molar-refractivity contribution is -0.117. The molecule has 0 radical (unpaired) electrons. The molecule has 0 saturated heterocycles. The van der Waals surface area contributed by atoms with Crippen LogP contribution in [0, 0.1) is 6.92 Å². The zero-order valence-electron chi connectivity index (χ0n) is 10.1. The number of aromatic nitrogens is 1. The minimum absolute atomic E-state index is 0.00675. The molecule has 0 saturated carbocycles. The summed E-state index contributed by atoms with van der Waals surface area (Å²) in [5.41, 5.74) is 6.00. The van der Waals surface area contributed by atoms with Crippen LogP contribution in [-0.4, -0.2) is 41.1 Å². The molecule has 100 valence electrons. The minimum atomic E-state index is -1.12. The van der Waals surface area contributed by atoms with Crippen molar-refractivity contribution < 1.29 is 19.4 Å². The highest BCUT2D eigenvalue weighted by Crippen LogP contribution is 2.24. The Labute approximate surface area is 108 Å². The average molecular weight is 273 g/mol. The highest BCUT2D eigenvalue weighted by molar-refractivity contribution is 7.11. The Morgan fingerprint density at radius 3 is 2.83 bits per heavy atom. The van der Waals surface area contributed by atoms with Crippen molar-refractivity contribution in [2.45, 2.75) is 19.4 Å². The molecule has 4 N–H and O–H groups in total. The number of carbonyl (C=O) groups excluding carboxylic acids is 1. The number of hydrogen-bond donors (Lipinski definition) is 3. The summed E-state index contributed by atoms with van der Waals surface area (Å²) in [5, 5.41) is 11.7. The molecule has 1 unspecified atom stereocenters. The predicted molar refractivity (Wildman–Crippen MR) is 66.9 cm³/mol. The molecule has 7 nitrogen and oxygen atoms in total. The Morgan fingerprint density at radius 1 is 1.61 bits per heavy atom. The molecule has 1 amide bonds. The SMILES string of the molecule is COCCC(N)C(=O)Nc1snc(C)c1C(=O)O. The Hall–Kier alpha value is -1.51. The molecular weight excluding hydrogens is 258 g/mol. The summed E-state index contributed by atoms with van der Waals surface area (Å²) in [7, 11) is 1.51. The lowest BCUT2D eigenvalue weighted by atomic mass is 10.2. The number of anilines is 1. The molecule has 1 atom stereocenters. The zero-order valence-corrected chi connectivity index (χ0v) is 10.9. The fraction of sp³-hybridized carbons (Fsp3) is 0.500. The number of carbonyl (C=O) groups is 2. The van der Waals surface area contributed by atoms with Crippen LogP contribution in [0.15, 0.2) is 0 Å². The molecule has 1 aromatic heterocycles. The van der Waals surface area contributed by atoms with E-state index in [1.54, 1.807) is 6.92 Å². The maximum absolute atomic E-state index is 11.7. The van der Waals surface area contributed by atoms with Crippen LogP contribution in [0.2, 0.25) is 0 Å². The number of nitrogens with one attached hydrogen (secondary N) is 1. The van der Waals surface area contributed by atoms with E-state index in [0.29, 0.717) is 18.7 Å². The quantitative estimate of drug-likeness (QED) is 0.693. The summed E-state index contributed by atoms with van der Waals surface area (Å²) in [6, 6.07) is -0.742. The molecule has 0 fully saturated rings. The predicted octanol–water partition coefficient (Wildman–Crippen LogP) is 0.452. The highest BCUT2D eigenvalue weighted by atomic mass is 32.1. The number of aromatic carboxylic acids is 1. The van der Waals surface area contributed by atoms with Gasteiger partial charge in [-0.05, 0) is 24.9 Å². The first-order valence-corrected chi connectivity index (χ1v) is 5.99. The first-order chi connectivity index (χ1) is 8.47. The summed E-state index contributed by atoms with van der Waals surface area (Å²) >= 11 is 0.924. The fourth-order valence-electron chi connectivity index (χ4n) is 1.29. The molecule has 0 bridgehead atoms. The van der Waals surface area contributed by atoms with Gasteiger partial charge in [-0.3, -0.25) is 4.79 Å². The maximum atomic E-state index is 11.7. The second kappa shape index (κ2) is 6.43. The summed E-state index contributed by atoms with van der Waals surface area (Å²) < 4.78 is 8.71. The average Bonchev–Trinajstić information content (AvgIpc) is 2.67. The third-order valence-electron chi connectivity index (χ3n) is 2.28. The van der Waals surface area contributed by atoms with Crippen LogP contribution < -0.4 is 11.1 Å². The number of hydrogen-bond acceptors (Lipinski definition) is 6. The van der Waals surface area contributed by atoms with Gasteiger partial charge < -0.3 is 20.9 Å². The van der Waals surface area contributed by atoms with E-state index in [4.69, 9.17) is 15.6 Å². The van der Waals surface area contributed by atoms with Crippen molar-refractivity contribution >= 4 is 28.4 Å². The Kier molecular flexibility index (Phi) is 5.20. The molecule has 1 rings (SSSR count). The number of carboxylic acid groups (broad SMARTS) is 1. The highest BCUT2D eigenvalue weighted by Gasteiger charge is 2.21. The number of amides is 1. The van der Waals surface area contributed by atoms with E-state index in [9.17, 15) is 9.59 Å². The minimum Gasteiger partial charge on any atom is -0.478 e. The molecule has 0 spiro atoms. The van der Waals surface area contributed by atoms with Crippen LogP contribution in [0.25, 0.3) is 0 Å². The van der Waals surface area contributed by atoms with Crippen LogP contribution in [0.3, 0.4) is 0 Å². The van der Waals surface area contributed by atoms with E-state index in [1.807, 2.05) is 0 Å². The lowest BCUT2D eigenvalue weighted by Crippen LogP contribution is -2.36. The Bertz CT molecular complexity index is 446. The van der Waals surface area contributed by atoms with Gasteiger partial charge in [-0.2, -0.15) is 4.37 Å². The first kappa shape index (κ1) is 14.6. The Balaban J connectivity index is 2.73. The number of rotatable bonds is 6. The first-order valence-electron chi connectivity index (χ1n) is 5.22. The number of nitrogens with two attached hydrogens (primary N) is 1. The van der Waals surface area contributed by atoms with Crippen molar-refractivity contribution in [3.05, 3.63) is 11.3 Å². The van der Waals surface area contributed by atoms with Crippen LogP contribution in [0.4, 0.5) is 5.00 Å². The standard InChI is InChI=1S/C10H15N3O4S/c1-5-7(10(15)16)9(18-13-5)12-8(14)6(11)3-4-17-2/h6H,3-4,11H2,1-2H3,(H,12,14)(H,15,16). The topological polar surface area (TPSA) is 115 Å². The van der Waals surface area contributed by atoms with Gasteiger partial charge in [-0.25, -0.2) is 4.79 Å². The van der Waals surface area contributed by atoms with Crippen LogP contribution in [-0.2, 0) is 9.53 Å². The largest absolute Gasteiger partial charge is 0.478 e. The second-order valence-corrected chi connectivity index (χ2v) is 4.43. The van der Waals surface area contributed by atoms with Crippen molar-refractivity contribution in [1.29, 1.82) is 0 Å². The van der Waals surface area contributed by atoms with Gasteiger partial charge in [-0.15, -0.1) is 0 Å². The van der Waals surface area contributed by atoms with Gasteiger partial charge in [0, 0.05) is 13.7 Å². The molecule has 1 heterocycles. The van der Waals surface area contributed by atoms with E-state index in [1.165, 1.54) is 7.11 Å². The molecular formula is C10H15N3O4S. The van der Waals surface area contributed by atoms with Gasteiger partial charge in [0.1, 0.15) is 10.6 Å². The van der Waals surface area contributed by atoms with E-state index in [2.05, 4.69) is 9.69 Å². The smallest absolute Gasteiger partial charge is 0.340 e. The molecule has 8 heteroatoms. The van der Waals surface area contributed by atoms with Crippen LogP contribution in [0.1, 0.15) is 22.5 Å². The monoisotopic (exact) mass is 273 g/mol.